The summed E-state index contributed by atoms with van der Waals surface area (Å²) >= 11 is 3.52. The van der Waals surface area contributed by atoms with E-state index < -0.39 is 0 Å². The largest absolute Gasteiger partial charge is 0.309 e. The van der Waals surface area contributed by atoms with E-state index in [9.17, 15) is 0 Å². The van der Waals surface area contributed by atoms with Gasteiger partial charge in [-0.15, -0.1) is 22.7 Å². The molecule has 0 aliphatic heterocycles. The van der Waals surface area contributed by atoms with Crippen LogP contribution in [0.25, 0.3) is 0 Å². The van der Waals surface area contributed by atoms with Gasteiger partial charge >= 0.3 is 0 Å². The van der Waals surface area contributed by atoms with Crippen molar-refractivity contribution in [3.05, 3.63) is 31.7 Å². The lowest BCUT2D eigenvalue weighted by Gasteiger charge is -2.16. The van der Waals surface area contributed by atoms with Gasteiger partial charge in [-0.3, -0.25) is 0 Å². The Balaban J connectivity index is 2.18. The highest BCUT2D eigenvalue weighted by Gasteiger charge is 2.18. The molecule has 19 heavy (non-hydrogen) atoms. The van der Waals surface area contributed by atoms with Crippen molar-refractivity contribution in [3.8, 4) is 0 Å². The van der Waals surface area contributed by atoms with Crippen LogP contribution in [0.15, 0.2) is 5.38 Å². The molecule has 104 valence electrons. The molecule has 5 heteroatoms. The Labute approximate surface area is 123 Å². The second kappa shape index (κ2) is 6.59. The van der Waals surface area contributed by atoms with Gasteiger partial charge in [0.15, 0.2) is 0 Å². The smallest absolute Gasteiger partial charge is 0.0900 e. The molecule has 3 nitrogen and oxygen atoms in total. The maximum Gasteiger partial charge on any atom is 0.0900 e. The zero-order valence-corrected chi connectivity index (χ0v) is 13.6. The summed E-state index contributed by atoms with van der Waals surface area (Å²) in [6.45, 7) is 9.47. The Morgan fingerprint density at radius 2 is 2.00 bits per heavy atom. The minimum Gasteiger partial charge on any atom is -0.309 e. The summed E-state index contributed by atoms with van der Waals surface area (Å²) in [7, 11) is 0. The summed E-state index contributed by atoms with van der Waals surface area (Å²) in [5, 5.41) is 8.08. The molecule has 0 spiro atoms. The van der Waals surface area contributed by atoms with Gasteiger partial charge in [-0.2, -0.15) is 0 Å². The van der Waals surface area contributed by atoms with Crippen molar-refractivity contribution >= 4 is 22.7 Å². The molecule has 0 radical (unpaired) electrons. The molecule has 0 fully saturated rings. The van der Waals surface area contributed by atoms with Gasteiger partial charge in [-0.05, 0) is 33.7 Å². The molecule has 2 aromatic heterocycles. The first-order valence-electron chi connectivity index (χ1n) is 6.68. The van der Waals surface area contributed by atoms with E-state index in [4.69, 9.17) is 0 Å². The minimum absolute atomic E-state index is 0.340. The third kappa shape index (κ3) is 3.84. The van der Waals surface area contributed by atoms with Crippen LogP contribution in [0.3, 0.4) is 0 Å². The fraction of sp³-hybridized carbons (Fsp3) is 0.571. The Morgan fingerprint density at radius 1 is 1.21 bits per heavy atom. The van der Waals surface area contributed by atoms with Crippen molar-refractivity contribution in [1.82, 2.24) is 15.3 Å². The molecule has 2 rings (SSSR count). The lowest BCUT2D eigenvalue weighted by molar-refractivity contribution is 0.529. The summed E-state index contributed by atoms with van der Waals surface area (Å²) in [6.07, 6.45) is 2.09. The number of thiazole rings is 2. The van der Waals surface area contributed by atoms with Gasteiger partial charge in [0.1, 0.15) is 0 Å². The predicted octanol–water partition coefficient (Wildman–Crippen LogP) is 3.81. The number of hydrogen-bond acceptors (Lipinski definition) is 5. The SMILES string of the molecule is CCCNC(Cc1csc(C)n1)c1sc(C)nc1C. The van der Waals surface area contributed by atoms with Gasteiger partial charge in [-0.25, -0.2) is 9.97 Å². The first-order valence-corrected chi connectivity index (χ1v) is 8.38. The number of aromatic nitrogens is 2. The summed E-state index contributed by atoms with van der Waals surface area (Å²) < 4.78 is 0. The van der Waals surface area contributed by atoms with Crippen molar-refractivity contribution in [2.45, 2.75) is 46.6 Å². The van der Waals surface area contributed by atoms with E-state index >= 15 is 0 Å². The molecule has 2 heterocycles. The molecule has 0 aliphatic carbocycles. The van der Waals surface area contributed by atoms with Crippen LogP contribution in [0.1, 0.15) is 45.7 Å². The number of nitrogens with zero attached hydrogens (tertiary/aromatic N) is 2. The third-order valence-corrected chi connectivity index (χ3v) is 4.99. The van der Waals surface area contributed by atoms with Crippen molar-refractivity contribution in [1.29, 1.82) is 0 Å². The first kappa shape index (κ1) is 14.6. The van der Waals surface area contributed by atoms with E-state index in [2.05, 4.69) is 48.4 Å². The van der Waals surface area contributed by atoms with E-state index in [-0.39, 0.29) is 0 Å². The molecule has 0 aliphatic rings. The monoisotopic (exact) mass is 295 g/mol. The Bertz CT molecular complexity index is 531. The quantitative estimate of drug-likeness (QED) is 0.880. The highest BCUT2D eigenvalue weighted by molar-refractivity contribution is 7.11. The van der Waals surface area contributed by atoms with Gasteiger partial charge < -0.3 is 5.32 Å². The average Bonchev–Trinajstić information content (AvgIpc) is 2.91. The van der Waals surface area contributed by atoms with Gasteiger partial charge in [0.2, 0.25) is 0 Å². The van der Waals surface area contributed by atoms with Crippen LogP contribution in [-0.4, -0.2) is 16.5 Å². The molecule has 1 atom stereocenters. The van der Waals surface area contributed by atoms with Crippen molar-refractivity contribution in [3.63, 3.8) is 0 Å². The topological polar surface area (TPSA) is 37.8 Å². The van der Waals surface area contributed by atoms with Crippen LogP contribution in [0.2, 0.25) is 0 Å². The Hall–Kier alpha value is -0.780. The number of rotatable bonds is 6. The molecule has 2 aromatic rings. The lowest BCUT2D eigenvalue weighted by atomic mass is 10.1. The van der Waals surface area contributed by atoms with E-state index in [0.717, 1.165) is 35.1 Å². The lowest BCUT2D eigenvalue weighted by Crippen LogP contribution is -2.24. The van der Waals surface area contributed by atoms with Gasteiger partial charge in [0.05, 0.1) is 21.4 Å². The average molecular weight is 295 g/mol. The Morgan fingerprint density at radius 3 is 2.53 bits per heavy atom. The zero-order valence-electron chi connectivity index (χ0n) is 12.0. The van der Waals surface area contributed by atoms with E-state index in [1.807, 2.05) is 0 Å². The van der Waals surface area contributed by atoms with Crippen LogP contribution in [0.4, 0.5) is 0 Å². The summed E-state index contributed by atoms with van der Waals surface area (Å²) in [5.74, 6) is 0. The predicted molar refractivity (Wildman–Crippen MR) is 83.2 cm³/mol. The summed E-state index contributed by atoms with van der Waals surface area (Å²) in [5.41, 5.74) is 2.34. The maximum absolute atomic E-state index is 4.58. The number of hydrogen-bond donors (Lipinski definition) is 1. The molecular formula is C14H21N3S2. The van der Waals surface area contributed by atoms with Crippen LogP contribution < -0.4 is 5.32 Å². The molecule has 0 bridgehead atoms. The number of aryl methyl sites for hydroxylation is 3. The number of nitrogens with one attached hydrogen (secondary N) is 1. The third-order valence-electron chi connectivity index (χ3n) is 2.98. The molecular weight excluding hydrogens is 274 g/mol. The fourth-order valence-corrected chi connectivity index (χ4v) is 3.79. The van der Waals surface area contributed by atoms with Crippen molar-refractivity contribution in [2.24, 2.45) is 0 Å². The second-order valence-corrected chi connectivity index (χ2v) is 7.05. The first-order chi connectivity index (χ1) is 9.10. The molecule has 1 unspecified atom stereocenters. The molecule has 0 aromatic carbocycles. The fourth-order valence-electron chi connectivity index (χ4n) is 2.16. The van der Waals surface area contributed by atoms with Gasteiger partial charge in [0, 0.05) is 22.7 Å². The molecule has 0 saturated carbocycles. The molecule has 0 amide bonds. The summed E-state index contributed by atoms with van der Waals surface area (Å²) in [4.78, 5) is 10.5. The van der Waals surface area contributed by atoms with Gasteiger partial charge in [-0.1, -0.05) is 6.92 Å². The van der Waals surface area contributed by atoms with Crippen molar-refractivity contribution < 1.29 is 0 Å². The maximum atomic E-state index is 4.58. The van der Waals surface area contributed by atoms with Crippen LogP contribution in [-0.2, 0) is 6.42 Å². The van der Waals surface area contributed by atoms with Crippen LogP contribution in [0.5, 0.6) is 0 Å². The van der Waals surface area contributed by atoms with Crippen LogP contribution in [0, 0.1) is 20.8 Å². The summed E-state index contributed by atoms with van der Waals surface area (Å²) in [6, 6.07) is 0.340. The zero-order chi connectivity index (χ0) is 13.8. The van der Waals surface area contributed by atoms with Gasteiger partial charge in [0.25, 0.3) is 0 Å². The minimum atomic E-state index is 0.340. The van der Waals surface area contributed by atoms with Crippen LogP contribution >= 0.6 is 22.7 Å². The highest BCUT2D eigenvalue weighted by Crippen LogP contribution is 2.27. The second-order valence-electron chi connectivity index (χ2n) is 4.75. The van der Waals surface area contributed by atoms with E-state index in [1.54, 1.807) is 22.7 Å². The highest BCUT2D eigenvalue weighted by atomic mass is 32.1. The van der Waals surface area contributed by atoms with E-state index in [1.165, 1.54) is 10.6 Å². The molecule has 0 saturated heterocycles. The normalized spacial score (nSPS) is 12.8. The molecule has 1 N–H and O–H groups in total. The standard InChI is InChI=1S/C14H21N3S2/c1-5-6-15-13(7-12-8-18-10(3)17-12)14-9(2)16-11(4)19-14/h8,13,15H,5-7H2,1-4H3. The van der Waals surface area contributed by atoms with Crippen molar-refractivity contribution in [2.75, 3.05) is 6.54 Å². The Kier molecular flexibility index (Phi) is 5.07. The van der Waals surface area contributed by atoms with E-state index in [0.29, 0.717) is 6.04 Å².